The largest absolute Gasteiger partial charge is 0.376 e. The molecule has 0 radical (unpaired) electrons. The molecular weight excluding hydrogens is 188 g/mol. The van der Waals surface area contributed by atoms with Gasteiger partial charge in [0.2, 0.25) is 0 Å². The minimum atomic E-state index is 0.643. The molecule has 0 saturated heterocycles. The van der Waals surface area contributed by atoms with E-state index in [4.69, 9.17) is 5.73 Å². The molecule has 0 fully saturated rings. The summed E-state index contributed by atoms with van der Waals surface area (Å²) < 4.78 is 2.04. The molecule has 2 heterocycles. The van der Waals surface area contributed by atoms with Crippen LogP contribution in [0.5, 0.6) is 0 Å². The van der Waals surface area contributed by atoms with Crippen molar-refractivity contribution >= 4 is 11.3 Å². The van der Waals surface area contributed by atoms with Crippen LogP contribution in [0.3, 0.4) is 0 Å². The number of pyridine rings is 1. The minimum Gasteiger partial charge on any atom is -0.376 e. The normalized spacial score (nSPS) is 10.9. The number of imidazole rings is 1. The molecule has 0 amide bonds. The molecule has 0 aliphatic carbocycles. The quantitative estimate of drug-likeness (QED) is 0.808. The summed E-state index contributed by atoms with van der Waals surface area (Å²) in [6.07, 6.45) is 4.94. The number of hydrogen-bond donors (Lipinski definition) is 1. The van der Waals surface area contributed by atoms with Gasteiger partial charge >= 0.3 is 0 Å². The van der Waals surface area contributed by atoms with Gasteiger partial charge in [0.15, 0.2) is 0 Å². The van der Waals surface area contributed by atoms with Gasteiger partial charge in [-0.2, -0.15) is 0 Å². The van der Waals surface area contributed by atoms with Crippen molar-refractivity contribution in [1.29, 1.82) is 0 Å². The Balaban J connectivity index is 2.43. The summed E-state index contributed by atoms with van der Waals surface area (Å²) in [7, 11) is 4.05. The van der Waals surface area contributed by atoms with Crippen molar-refractivity contribution in [2.24, 2.45) is 5.73 Å². The van der Waals surface area contributed by atoms with E-state index in [9.17, 15) is 0 Å². The van der Waals surface area contributed by atoms with Gasteiger partial charge < -0.3 is 15.0 Å². The number of nitrogens with two attached hydrogens (primary N) is 1. The predicted octanol–water partition coefficient (Wildman–Crippen LogP) is 0.901. The van der Waals surface area contributed by atoms with E-state index in [0.29, 0.717) is 6.54 Å². The Bertz CT molecular complexity index is 459. The van der Waals surface area contributed by atoms with E-state index in [1.54, 1.807) is 0 Å². The van der Waals surface area contributed by atoms with Crippen LogP contribution in [0.4, 0.5) is 5.69 Å². The summed E-state index contributed by atoms with van der Waals surface area (Å²) in [5.74, 6) is 0. The second kappa shape index (κ2) is 3.90. The van der Waals surface area contributed by atoms with Gasteiger partial charge in [-0.25, -0.2) is 4.98 Å². The van der Waals surface area contributed by atoms with Crippen molar-refractivity contribution in [3.63, 3.8) is 0 Å². The van der Waals surface area contributed by atoms with Gasteiger partial charge in [-0.1, -0.05) is 0 Å². The van der Waals surface area contributed by atoms with Crippen molar-refractivity contribution in [3.8, 4) is 0 Å². The Kier molecular flexibility index (Phi) is 2.60. The smallest absolute Gasteiger partial charge is 0.137 e. The number of fused-ring (bicyclic) bond motifs is 1. The van der Waals surface area contributed by atoms with Crippen molar-refractivity contribution in [2.75, 3.05) is 25.5 Å². The fraction of sp³-hybridized carbons (Fsp3) is 0.364. The number of aromatic nitrogens is 2. The van der Waals surface area contributed by atoms with Crippen molar-refractivity contribution < 1.29 is 0 Å². The summed E-state index contributed by atoms with van der Waals surface area (Å²) >= 11 is 0. The fourth-order valence-electron chi connectivity index (χ4n) is 1.57. The Morgan fingerprint density at radius 3 is 2.80 bits per heavy atom. The van der Waals surface area contributed by atoms with Crippen LogP contribution in [-0.2, 0) is 6.42 Å². The standard InChI is InChI=1S/C11H16N4/c1-14(2)10-3-4-11-13-9(5-6-12)7-15(11)8-10/h3-4,7-8H,5-6,12H2,1-2H3. The van der Waals surface area contributed by atoms with Gasteiger partial charge in [0.1, 0.15) is 5.65 Å². The van der Waals surface area contributed by atoms with Crippen molar-refractivity contribution in [2.45, 2.75) is 6.42 Å². The molecule has 80 valence electrons. The van der Waals surface area contributed by atoms with Crippen LogP contribution >= 0.6 is 0 Å². The molecule has 0 aromatic carbocycles. The maximum absolute atomic E-state index is 5.50. The van der Waals surface area contributed by atoms with Crippen LogP contribution in [0.15, 0.2) is 24.5 Å². The van der Waals surface area contributed by atoms with E-state index in [2.05, 4.69) is 22.1 Å². The summed E-state index contributed by atoms with van der Waals surface area (Å²) in [6.45, 7) is 0.643. The van der Waals surface area contributed by atoms with Gasteiger partial charge in [-0.05, 0) is 18.7 Å². The molecule has 0 aliphatic heterocycles. The van der Waals surface area contributed by atoms with Crippen molar-refractivity contribution in [1.82, 2.24) is 9.38 Å². The van der Waals surface area contributed by atoms with E-state index in [1.165, 1.54) is 5.69 Å². The zero-order valence-corrected chi connectivity index (χ0v) is 9.14. The third kappa shape index (κ3) is 1.94. The van der Waals surface area contributed by atoms with E-state index >= 15 is 0 Å². The summed E-state index contributed by atoms with van der Waals surface area (Å²) in [5, 5.41) is 0. The topological polar surface area (TPSA) is 46.6 Å². The third-order valence-corrected chi connectivity index (χ3v) is 2.40. The first-order valence-electron chi connectivity index (χ1n) is 5.06. The van der Waals surface area contributed by atoms with Crippen LogP contribution < -0.4 is 10.6 Å². The number of anilines is 1. The average molecular weight is 204 g/mol. The first-order valence-corrected chi connectivity index (χ1v) is 5.06. The molecule has 2 aromatic rings. The molecule has 0 atom stereocenters. The van der Waals surface area contributed by atoms with Gasteiger partial charge in [-0.15, -0.1) is 0 Å². The molecule has 0 bridgehead atoms. The lowest BCUT2D eigenvalue weighted by molar-refractivity contribution is 0.937. The molecule has 2 rings (SSSR count). The fourth-order valence-corrected chi connectivity index (χ4v) is 1.57. The molecule has 0 aliphatic rings. The SMILES string of the molecule is CN(C)c1ccc2nc(CCN)cn2c1. The summed E-state index contributed by atoms with van der Waals surface area (Å²) in [5.41, 5.74) is 8.69. The highest BCUT2D eigenvalue weighted by molar-refractivity contribution is 5.51. The summed E-state index contributed by atoms with van der Waals surface area (Å²) in [6, 6.07) is 4.09. The Morgan fingerprint density at radius 2 is 2.13 bits per heavy atom. The zero-order chi connectivity index (χ0) is 10.8. The molecule has 0 saturated carbocycles. The van der Waals surface area contributed by atoms with Crippen LogP contribution in [0.2, 0.25) is 0 Å². The van der Waals surface area contributed by atoms with E-state index in [-0.39, 0.29) is 0 Å². The molecule has 2 N–H and O–H groups in total. The number of rotatable bonds is 3. The molecule has 0 unspecified atom stereocenters. The van der Waals surface area contributed by atoms with Gasteiger partial charge in [0, 0.05) is 32.9 Å². The molecule has 2 aromatic heterocycles. The van der Waals surface area contributed by atoms with Gasteiger partial charge in [0.25, 0.3) is 0 Å². The Labute approximate surface area is 89.3 Å². The molecule has 4 nitrogen and oxygen atoms in total. The number of nitrogens with zero attached hydrogens (tertiary/aromatic N) is 3. The lowest BCUT2D eigenvalue weighted by Crippen LogP contribution is -2.09. The molecule has 4 heteroatoms. The maximum Gasteiger partial charge on any atom is 0.137 e. The second-order valence-corrected chi connectivity index (χ2v) is 3.82. The molecule has 15 heavy (non-hydrogen) atoms. The maximum atomic E-state index is 5.50. The van der Waals surface area contributed by atoms with E-state index < -0.39 is 0 Å². The molecule has 0 spiro atoms. The van der Waals surface area contributed by atoms with Crippen LogP contribution in [0, 0.1) is 0 Å². The van der Waals surface area contributed by atoms with E-state index in [1.807, 2.05) is 30.8 Å². The van der Waals surface area contributed by atoms with Gasteiger partial charge in [-0.3, -0.25) is 0 Å². The monoisotopic (exact) mass is 204 g/mol. The Morgan fingerprint density at radius 1 is 1.33 bits per heavy atom. The first kappa shape index (κ1) is 9.98. The zero-order valence-electron chi connectivity index (χ0n) is 9.14. The van der Waals surface area contributed by atoms with Crippen LogP contribution in [0.25, 0.3) is 5.65 Å². The van der Waals surface area contributed by atoms with Crippen molar-refractivity contribution in [3.05, 3.63) is 30.2 Å². The third-order valence-electron chi connectivity index (χ3n) is 2.40. The lowest BCUT2D eigenvalue weighted by atomic mass is 10.3. The Hall–Kier alpha value is -1.55. The highest BCUT2D eigenvalue weighted by Crippen LogP contribution is 2.13. The average Bonchev–Trinajstić information content (AvgIpc) is 2.59. The first-order chi connectivity index (χ1) is 7.20. The summed E-state index contributed by atoms with van der Waals surface area (Å²) in [4.78, 5) is 6.54. The minimum absolute atomic E-state index is 0.643. The highest BCUT2D eigenvalue weighted by Gasteiger charge is 2.02. The van der Waals surface area contributed by atoms with E-state index in [0.717, 1.165) is 17.8 Å². The van der Waals surface area contributed by atoms with Crippen LogP contribution in [-0.4, -0.2) is 30.0 Å². The highest BCUT2D eigenvalue weighted by atomic mass is 15.1. The second-order valence-electron chi connectivity index (χ2n) is 3.82. The lowest BCUT2D eigenvalue weighted by Gasteiger charge is -2.11. The van der Waals surface area contributed by atoms with Gasteiger partial charge in [0.05, 0.1) is 11.4 Å². The molecular formula is C11H16N4. The number of hydrogen-bond acceptors (Lipinski definition) is 3. The van der Waals surface area contributed by atoms with Crippen LogP contribution in [0.1, 0.15) is 5.69 Å². The predicted molar refractivity (Wildman–Crippen MR) is 62.3 cm³/mol.